The van der Waals surface area contributed by atoms with Gasteiger partial charge in [-0.25, -0.2) is 34.4 Å². The lowest BCUT2D eigenvalue weighted by Gasteiger charge is -2.27. The van der Waals surface area contributed by atoms with Crippen molar-refractivity contribution in [3.05, 3.63) is 182 Å². The van der Waals surface area contributed by atoms with Crippen molar-refractivity contribution in [2.45, 2.75) is 64.6 Å². The molecule has 0 heterocycles. The Kier molecular flexibility index (Phi) is 19.0. The van der Waals surface area contributed by atoms with Crippen LogP contribution in [0.25, 0.3) is 0 Å². The number of hydrogen-bond acceptors (Lipinski definition) is 6. The molecule has 6 nitrogen and oxygen atoms in total. The molecule has 0 radical (unpaired) electrons. The summed E-state index contributed by atoms with van der Waals surface area (Å²) in [6.07, 6.45) is -9.88. The third-order valence-corrected chi connectivity index (χ3v) is 14.1. The molecule has 0 N–H and O–H groups in total. The van der Waals surface area contributed by atoms with Crippen LogP contribution < -0.4 is 0 Å². The molecule has 64 heavy (non-hydrogen) atoms. The highest BCUT2D eigenvalue weighted by atomic mass is 32.2. The molecular formula is C42H32F12O6S4. The molecule has 0 saturated carbocycles. The van der Waals surface area contributed by atoms with E-state index in [1.165, 1.54) is 29.4 Å². The van der Waals surface area contributed by atoms with E-state index in [0.717, 1.165) is 0 Å². The van der Waals surface area contributed by atoms with E-state index in [0.29, 0.717) is 0 Å². The Morgan fingerprint density at radius 2 is 0.469 bits per heavy atom. The van der Waals surface area contributed by atoms with Crippen molar-refractivity contribution in [1.82, 2.24) is 0 Å². The lowest BCUT2D eigenvalue weighted by atomic mass is 10.4. The molecule has 0 aromatic heterocycles. The number of rotatable bonds is 12. The van der Waals surface area contributed by atoms with E-state index in [1.54, 1.807) is 0 Å². The second-order valence-corrected chi connectivity index (χ2v) is 19.2. The van der Waals surface area contributed by atoms with Crippen LogP contribution in [0.4, 0.5) is 52.7 Å². The van der Waals surface area contributed by atoms with Crippen molar-refractivity contribution in [2.75, 3.05) is 0 Å². The van der Waals surface area contributed by atoms with Crippen LogP contribution in [0.5, 0.6) is 0 Å². The van der Waals surface area contributed by atoms with Gasteiger partial charge in [-0.2, -0.15) is 35.1 Å². The zero-order valence-corrected chi connectivity index (χ0v) is 35.4. The van der Waals surface area contributed by atoms with Gasteiger partial charge in [0.1, 0.15) is 0 Å². The molecular weight excluding hydrogens is 957 g/mol. The molecule has 0 unspecified atom stereocenters. The highest BCUT2D eigenvalue weighted by molar-refractivity contribution is 7.97. The molecule has 0 aliphatic heterocycles. The Morgan fingerprint density at radius 3 is 0.562 bits per heavy atom. The van der Waals surface area contributed by atoms with Crippen LogP contribution in [0.2, 0.25) is 0 Å². The van der Waals surface area contributed by atoms with Gasteiger partial charge in [0, 0.05) is 0 Å². The molecule has 0 aliphatic rings. The Bertz CT molecular complexity index is 2150. The van der Waals surface area contributed by atoms with Crippen LogP contribution in [0.15, 0.2) is 211 Å². The van der Waals surface area contributed by atoms with E-state index in [9.17, 15) is 78.6 Å². The second kappa shape index (κ2) is 22.8. The lowest BCUT2D eigenvalue weighted by molar-refractivity contribution is -0.227. The van der Waals surface area contributed by atoms with Gasteiger partial charge in [-0.1, -0.05) is 109 Å². The first kappa shape index (κ1) is 53.3. The monoisotopic (exact) mass is 988 g/mol. The molecule has 344 valence electrons. The summed E-state index contributed by atoms with van der Waals surface area (Å²) < 4.78 is 196. The van der Waals surface area contributed by atoms with Crippen LogP contribution in [0, 0.1) is 0 Å². The highest BCUT2D eigenvalue weighted by Gasteiger charge is 2.68. The Hall–Kier alpha value is -5.00. The fourth-order valence-corrected chi connectivity index (χ4v) is 9.80. The summed E-state index contributed by atoms with van der Waals surface area (Å²) in [6.45, 7) is 0. The SMILES string of the molecule is O=S(=O)([O-])C(F)(F)C(F)(F)C(F)F.O=S(=O)([O-])C(F)(F)C(F)(F)C(F)F.c1ccc([S+](c2ccccc2)c2ccccc2)cc1.c1ccc([S+](c2ccccc2)c2ccccc2)cc1. The molecule has 6 aromatic rings. The summed E-state index contributed by atoms with van der Waals surface area (Å²) in [5.74, 6) is -12.4. The van der Waals surface area contributed by atoms with Crippen LogP contribution in [-0.2, 0) is 42.0 Å². The molecule has 0 atom stereocenters. The van der Waals surface area contributed by atoms with E-state index in [2.05, 4.69) is 182 Å². The summed E-state index contributed by atoms with van der Waals surface area (Å²) in [5.41, 5.74) is 0. The van der Waals surface area contributed by atoms with Crippen LogP contribution in [0.1, 0.15) is 0 Å². The maximum absolute atomic E-state index is 11.8. The predicted molar refractivity (Wildman–Crippen MR) is 214 cm³/mol. The minimum absolute atomic E-state index is 0.0146. The van der Waals surface area contributed by atoms with Gasteiger partial charge in [0.25, 0.3) is 0 Å². The van der Waals surface area contributed by atoms with E-state index in [-0.39, 0.29) is 21.8 Å². The van der Waals surface area contributed by atoms with Gasteiger partial charge < -0.3 is 9.11 Å². The van der Waals surface area contributed by atoms with E-state index >= 15 is 0 Å². The number of hydrogen-bond donors (Lipinski definition) is 0. The van der Waals surface area contributed by atoms with Crippen LogP contribution in [0.3, 0.4) is 0 Å². The summed E-state index contributed by atoms with van der Waals surface area (Å²) in [6, 6.07) is 64.3. The number of benzene rings is 6. The third kappa shape index (κ3) is 13.5. The maximum Gasteiger partial charge on any atom is 0.402 e. The van der Waals surface area contributed by atoms with Gasteiger partial charge >= 0.3 is 35.2 Å². The van der Waals surface area contributed by atoms with Gasteiger partial charge in [-0.15, -0.1) is 0 Å². The molecule has 0 spiro atoms. The first-order valence-corrected chi connectivity index (χ1v) is 22.8. The van der Waals surface area contributed by atoms with E-state index in [4.69, 9.17) is 0 Å². The number of alkyl halides is 12. The molecule has 6 aromatic carbocycles. The van der Waals surface area contributed by atoms with Crippen LogP contribution in [-0.4, -0.2) is 61.1 Å². The summed E-state index contributed by atoms with van der Waals surface area (Å²) in [7, 11) is -13.7. The summed E-state index contributed by atoms with van der Waals surface area (Å²) in [4.78, 5) is 8.17. The van der Waals surface area contributed by atoms with Crippen molar-refractivity contribution >= 4 is 42.0 Å². The lowest BCUT2D eigenvalue weighted by Crippen LogP contribution is -2.51. The standard InChI is InChI=1S/2C18H15S.2C3H2F6O3S/c2*1-4-10-16(11-5-1)19(17-12-6-2-7-13-17)18-14-8-3-9-15-18;2*4-1(5)2(6,7)3(8,9)13(10,11)12/h2*1-15H;2*1H,(H,10,11,12)/q2*+1;;/p-2. The highest BCUT2D eigenvalue weighted by Crippen LogP contribution is 2.43. The van der Waals surface area contributed by atoms with Crippen molar-refractivity contribution in [1.29, 1.82) is 0 Å². The first-order chi connectivity index (χ1) is 29.8. The van der Waals surface area contributed by atoms with Crippen molar-refractivity contribution < 1.29 is 78.6 Å². The fraction of sp³-hybridized carbons (Fsp3) is 0.143. The molecule has 0 bridgehead atoms. The van der Waals surface area contributed by atoms with E-state index < -0.39 is 55.4 Å². The molecule has 0 fully saturated rings. The molecule has 0 saturated heterocycles. The van der Waals surface area contributed by atoms with Crippen molar-refractivity contribution in [2.24, 2.45) is 0 Å². The minimum atomic E-state index is -6.82. The molecule has 22 heteroatoms. The van der Waals surface area contributed by atoms with Gasteiger partial charge in [0.05, 0.1) is 21.8 Å². The zero-order chi connectivity index (χ0) is 48.0. The maximum atomic E-state index is 11.8. The van der Waals surface area contributed by atoms with E-state index in [1.807, 2.05) is 0 Å². The Balaban J connectivity index is 0.000000232. The smallest absolute Gasteiger partial charge is 0.402 e. The Labute approximate surface area is 365 Å². The number of halogens is 12. The van der Waals surface area contributed by atoms with Gasteiger partial charge in [0.2, 0.25) is 0 Å². The quantitative estimate of drug-likeness (QED) is 0.0685. The van der Waals surface area contributed by atoms with Crippen LogP contribution >= 0.6 is 0 Å². The molecule has 0 amide bonds. The fourth-order valence-electron chi connectivity index (χ4n) is 4.74. The zero-order valence-electron chi connectivity index (χ0n) is 32.1. The molecule has 6 rings (SSSR count). The first-order valence-electron chi connectivity index (χ1n) is 17.6. The normalized spacial score (nSPS) is 12.4. The van der Waals surface area contributed by atoms with Crippen molar-refractivity contribution in [3.8, 4) is 0 Å². The predicted octanol–water partition coefficient (Wildman–Crippen LogP) is 11.6. The Morgan fingerprint density at radius 1 is 0.328 bits per heavy atom. The van der Waals surface area contributed by atoms with Crippen molar-refractivity contribution in [3.63, 3.8) is 0 Å². The van der Waals surface area contributed by atoms with Gasteiger partial charge in [0.15, 0.2) is 49.6 Å². The second-order valence-electron chi connectivity index (χ2n) is 12.3. The topological polar surface area (TPSA) is 114 Å². The summed E-state index contributed by atoms with van der Waals surface area (Å²) in [5, 5.41) is -12.6. The van der Waals surface area contributed by atoms with Gasteiger partial charge in [-0.3, -0.25) is 0 Å². The molecule has 0 aliphatic carbocycles. The largest absolute Gasteiger partial charge is 0.743 e. The average molecular weight is 989 g/mol. The minimum Gasteiger partial charge on any atom is -0.743 e. The van der Waals surface area contributed by atoms with Gasteiger partial charge in [-0.05, 0) is 72.8 Å². The average Bonchev–Trinajstić information content (AvgIpc) is 3.26. The third-order valence-electron chi connectivity index (χ3n) is 7.83. The summed E-state index contributed by atoms with van der Waals surface area (Å²) >= 11 is 0.